The number of aryl methyl sites for hydroxylation is 1. The Balaban J connectivity index is 2.80. The lowest BCUT2D eigenvalue weighted by molar-refractivity contribution is 0.0689. The van der Waals surface area contributed by atoms with Gasteiger partial charge in [0.25, 0.3) is 0 Å². The van der Waals surface area contributed by atoms with Gasteiger partial charge in [-0.15, -0.1) is 5.10 Å². The standard InChI is InChI=1S/C7H12N4O2/c1-5-6(7(12)13)9-10-11(5)4-2-3-8/h2-4,8H2,1H3,(H,12,13). The van der Waals surface area contributed by atoms with Crippen LogP contribution in [0.25, 0.3) is 0 Å². The molecule has 0 aromatic carbocycles. The lowest BCUT2D eigenvalue weighted by atomic mass is 10.3. The Bertz CT molecular complexity index is 307. The van der Waals surface area contributed by atoms with Crippen molar-refractivity contribution in [1.82, 2.24) is 15.0 Å². The minimum atomic E-state index is -1.04. The minimum absolute atomic E-state index is 0.0111. The highest BCUT2D eigenvalue weighted by atomic mass is 16.4. The molecule has 0 bridgehead atoms. The lowest BCUT2D eigenvalue weighted by Crippen LogP contribution is -2.09. The van der Waals surface area contributed by atoms with E-state index in [1.165, 1.54) is 0 Å². The first-order valence-electron chi connectivity index (χ1n) is 4.00. The smallest absolute Gasteiger partial charge is 0.358 e. The van der Waals surface area contributed by atoms with Crippen molar-refractivity contribution in [3.05, 3.63) is 11.4 Å². The number of hydrogen-bond donors (Lipinski definition) is 2. The molecule has 0 aliphatic carbocycles. The van der Waals surface area contributed by atoms with Crippen LogP contribution in [0.4, 0.5) is 0 Å². The molecule has 6 nitrogen and oxygen atoms in total. The van der Waals surface area contributed by atoms with Gasteiger partial charge in [0.15, 0.2) is 5.69 Å². The molecule has 13 heavy (non-hydrogen) atoms. The summed E-state index contributed by atoms with van der Waals surface area (Å²) < 4.78 is 1.55. The van der Waals surface area contributed by atoms with Crippen molar-refractivity contribution in [3.63, 3.8) is 0 Å². The molecule has 0 saturated carbocycles. The van der Waals surface area contributed by atoms with E-state index in [-0.39, 0.29) is 5.69 Å². The summed E-state index contributed by atoms with van der Waals surface area (Å²) in [6, 6.07) is 0. The topological polar surface area (TPSA) is 94.0 Å². The number of aromatic carboxylic acids is 1. The summed E-state index contributed by atoms with van der Waals surface area (Å²) in [6.45, 7) is 2.85. The second-order valence-electron chi connectivity index (χ2n) is 2.69. The van der Waals surface area contributed by atoms with E-state index in [9.17, 15) is 4.79 Å². The first kappa shape index (κ1) is 9.66. The third kappa shape index (κ3) is 2.03. The zero-order chi connectivity index (χ0) is 9.84. The molecule has 1 aromatic rings. The number of nitrogens with zero attached hydrogens (tertiary/aromatic N) is 3. The van der Waals surface area contributed by atoms with Crippen LogP contribution in [0.5, 0.6) is 0 Å². The summed E-state index contributed by atoms with van der Waals surface area (Å²) in [4.78, 5) is 10.6. The second kappa shape index (κ2) is 3.99. The predicted molar refractivity (Wildman–Crippen MR) is 45.4 cm³/mol. The molecule has 72 valence electrons. The van der Waals surface area contributed by atoms with Gasteiger partial charge in [0.1, 0.15) is 0 Å². The van der Waals surface area contributed by atoms with Crippen LogP contribution in [0.2, 0.25) is 0 Å². The number of nitrogens with two attached hydrogens (primary N) is 1. The normalized spacial score (nSPS) is 10.3. The van der Waals surface area contributed by atoms with E-state index in [1.807, 2.05) is 0 Å². The van der Waals surface area contributed by atoms with E-state index in [0.29, 0.717) is 18.8 Å². The number of hydrogen-bond acceptors (Lipinski definition) is 4. The average Bonchev–Trinajstić information content (AvgIpc) is 2.43. The Morgan fingerprint density at radius 1 is 1.69 bits per heavy atom. The number of carboxylic acid groups (broad SMARTS) is 1. The summed E-state index contributed by atoms with van der Waals surface area (Å²) in [5.74, 6) is -1.04. The highest BCUT2D eigenvalue weighted by Crippen LogP contribution is 2.03. The van der Waals surface area contributed by atoms with Gasteiger partial charge in [-0.2, -0.15) is 0 Å². The van der Waals surface area contributed by atoms with Crippen molar-refractivity contribution in [3.8, 4) is 0 Å². The van der Waals surface area contributed by atoms with Gasteiger partial charge in [0.05, 0.1) is 5.69 Å². The molecule has 1 aromatic heterocycles. The maximum atomic E-state index is 10.6. The molecular formula is C7H12N4O2. The number of carbonyl (C=O) groups is 1. The molecule has 1 heterocycles. The SMILES string of the molecule is Cc1c(C(=O)O)nnn1CCCN. The molecular weight excluding hydrogens is 172 g/mol. The van der Waals surface area contributed by atoms with Crippen molar-refractivity contribution in [2.24, 2.45) is 5.73 Å². The Morgan fingerprint density at radius 2 is 2.38 bits per heavy atom. The first-order chi connectivity index (χ1) is 6.16. The van der Waals surface area contributed by atoms with Gasteiger partial charge >= 0.3 is 5.97 Å². The molecule has 0 spiro atoms. The zero-order valence-electron chi connectivity index (χ0n) is 7.40. The molecule has 1 rings (SSSR count). The molecule has 0 atom stereocenters. The fourth-order valence-corrected chi connectivity index (χ4v) is 1.01. The Labute approximate surface area is 75.3 Å². The van der Waals surface area contributed by atoms with Crippen LogP contribution in [0.1, 0.15) is 22.6 Å². The molecule has 0 unspecified atom stereocenters. The van der Waals surface area contributed by atoms with Gasteiger partial charge in [-0.05, 0) is 19.9 Å². The fourth-order valence-electron chi connectivity index (χ4n) is 1.01. The highest BCUT2D eigenvalue weighted by molar-refractivity contribution is 5.86. The largest absolute Gasteiger partial charge is 0.476 e. The van der Waals surface area contributed by atoms with Gasteiger partial charge in [-0.3, -0.25) is 0 Å². The fraction of sp³-hybridized carbons (Fsp3) is 0.571. The zero-order valence-corrected chi connectivity index (χ0v) is 7.40. The van der Waals surface area contributed by atoms with Crippen molar-refractivity contribution in [2.75, 3.05) is 6.54 Å². The van der Waals surface area contributed by atoms with E-state index in [0.717, 1.165) is 6.42 Å². The summed E-state index contributed by atoms with van der Waals surface area (Å²) >= 11 is 0. The van der Waals surface area contributed by atoms with Crippen LogP contribution < -0.4 is 5.73 Å². The van der Waals surface area contributed by atoms with Crippen molar-refractivity contribution >= 4 is 5.97 Å². The number of rotatable bonds is 4. The van der Waals surface area contributed by atoms with Crippen molar-refractivity contribution < 1.29 is 9.90 Å². The molecule has 0 radical (unpaired) electrons. The monoisotopic (exact) mass is 184 g/mol. The van der Waals surface area contributed by atoms with Gasteiger partial charge in [-0.1, -0.05) is 5.21 Å². The molecule has 0 saturated heterocycles. The van der Waals surface area contributed by atoms with E-state index in [4.69, 9.17) is 10.8 Å². The van der Waals surface area contributed by atoms with Gasteiger partial charge in [-0.25, -0.2) is 9.48 Å². The van der Waals surface area contributed by atoms with Crippen LogP contribution >= 0.6 is 0 Å². The van der Waals surface area contributed by atoms with Crippen LogP contribution in [-0.2, 0) is 6.54 Å². The maximum Gasteiger partial charge on any atom is 0.358 e. The molecule has 6 heteroatoms. The van der Waals surface area contributed by atoms with E-state index in [2.05, 4.69) is 10.3 Å². The Kier molecular flexibility index (Phi) is 2.97. The second-order valence-corrected chi connectivity index (χ2v) is 2.69. The maximum absolute atomic E-state index is 10.6. The average molecular weight is 184 g/mol. The summed E-state index contributed by atoms with van der Waals surface area (Å²) in [6.07, 6.45) is 0.767. The Hall–Kier alpha value is -1.43. The van der Waals surface area contributed by atoms with Crippen LogP contribution in [0.3, 0.4) is 0 Å². The van der Waals surface area contributed by atoms with Gasteiger partial charge in [0.2, 0.25) is 0 Å². The van der Waals surface area contributed by atoms with Gasteiger partial charge in [0, 0.05) is 6.54 Å². The minimum Gasteiger partial charge on any atom is -0.476 e. The van der Waals surface area contributed by atoms with E-state index in [1.54, 1.807) is 11.6 Å². The molecule has 0 amide bonds. The number of carboxylic acids is 1. The summed E-state index contributed by atoms with van der Waals surface area (Å²) in [5, 5.41) is 15.9. The summed E-state index contributed by atoms with van der Waals surface area (Å²) in [7, 11) is 0. The molecule has 3 N–H and O–H groups in total. The molecule has 0 aliphatic rings. The van der Waals surface area contributed by atoms with Crippen molar-refractivity contribution in [2.45, 2.75) is 19.9 Å². The van der Waals surface area contributed by atoms with E-state index >= 15 is 0 Å². The third-order valence-corrected chi connectivity index (χ3v) is 1.76. The van der Waals surface area contributed by atoms with Crippen LogP contribution in [0, 0.1) is 6.92 Å². The van der Waals surface area contributed by atoms with E-state index < -0.39 is 5.97 Å². The predicted octanol–water partition coefficient (Wildman–Crippen LogP) is -0.366. The quantitative estimate of drug-likeness (QED) is 0.666. The van der Waals surface area contributed by atoms with Gasteiger partial charge < -0.3 is 10.8 Å². The summed E-state index contributed by atoms with van der Waals surface area (Å²) in [5.41, 5.74) is 5.90. The molecule has 0 fully saturated rings. The van der Waals surface area contributed by atoms with Crippen molar-refractivity contribution in [1.29, 1.82) is 0 Å². The third-order valence-electron chi connectivity index (χ3n) is 1.76. The number of aromatic nitrogens is 3. The first-order valence-corrected chi connectivity index (χ1v) is 4.00. The molecule has 0 aliphatic heterocycles. The Morgan fingerprint density at radius 3 is 2.85 bits per heavy atom. The van der Waals surface area contributed by atoms with Crippen LogP contribution in [0.15, 0.2) is 0 Å². The lowest BCUT2D eigenvalue weighted by Gasteiger charge is -2.00. The van der Waals surface area contributed by atoms with Crippen LogP contribution in [-0.4, -0.2) is 32.6 Å². The highest BCUT2D eigenvalue weighted by Gasteiger charge is 2.14.